The molecule has 6 nitrogen and oxygen atoms in total. The van der Waals surface area contributed by atoms with Gasteiger partial charge in [-0.15, -0.1) is 0 Å². The van der Waals surface area contributed by atoms with E-state index in [1.54, 1.807) is 0 Å². The van der Waals surface area contributed by atoms with Gasteiger partial charge in [0.1, 0.15) is 28.9 Å². The summed E-state index contributed by atoms with van der Waals surface area (Å²) >= 11 is 0. The highest BCUT2D eigenvalue weighted by atomic mass is 19.4. The van der Waals surface area contributed by atoms with Crippen molar-refractivity contribution in [2.24, 2.45) is 5.73 Å². The number of alkyl halides is 8. The first-order valence-corrected chi connectivity index (χ1v) is 8.10. The third-order valence-corrected chi connectivity index (χ3v) is 4.32. The maximum atomic E-state index is 13.9. The number of hydrogen-bond donors (Lipinski definition) is 2. The maximum absolute atomic E-state index is 13.9. The van der Waals surface area contributed by atoms with Crippen LogP contribution in [0.3, 0.4) is 0 Å². The topological polar surface area (TPSA) is 97.8 Å². The number of H-pyrrole nitrogens is 1. The summed E-state index contributed by atoms with van der Waals surface area (Å²) in [5, 5.41) is 4.30. The summed E-state index contributed by atoms with van der Waals surface area (Å²) in [4.78, 5) is 15.6. The molecule has 0 spiro atoms. The van der Waals surface area contributed by atoms with Crippen molar-refractivity contribution in [2.75, 3.05) is 0 Å². The molecule has 0 bridgehead atoms. The number of hydrogen-bond acceptors (Lipinski definition) is 4. The number of primary amides is 1. The van der Waals surface area contributed by atoms with E-state index in [1.807, 2.05) is 0 Å². The quantitative estimate of drug-likeness (QED) is 0.553. The highest BCUT2D eigenvalue weighted by Gasteiger charge is 2.63. The Kier molecular flexibility index (Phi) is 5.06. The van der Waals surface area contributed by atoms with Crippen LogP contribution in [0.4, 0.5) is 35.1 Å². The normalized spacial score (nSPS) is 12.9. The van der Waals surface area contributed by atoms with Gasteiger partial charge in [0.05, 0.1) is 0 Å². The van der Waals surface area contributed by atoms with E-state index in [0.29, 0.717) is 0 Å². The van der Waals surface area contributed by atoms with Crippen LogP contribution in [0.1, 0.15) is 27.2 Å². The molecule has 1 aromatic carbocycles. The Balaban J connectivity index is 2.46. The van der Waals surface area contributed by atoms with Crippen LogP contribution >= 0.6 is 0 Å². The summed E-state index contributed by atoms with van der Waals surface area (Å²) in [5.41, 5.74) is -2.44. The fourth-order valence-corrected chi connectivity index (χ4v) is 2.99. The number of oxazole rings is 1. The minimum Gasteiger partial charge on any atom is -0.451 e. The van der Waals surface area contributed by atoms with E-state index < -0.39 is 46.7 Å². The number of aromatic amines is 1. The van der Waals surface area contributed by atoms with Crippen molar-refractivity contribution in [3.8, 4) is 22.5 Å². The van der Waals surface area contributed by atoms with E-state index in [1.165, 1.54) is 12.0 Å². The molecule has 2 aromatic heterocycles. The number of rotatable bonds is 4. The summed E-state index contributed by atoms with van der Waals surface area (Å²) < 4.78 is 112. The second-order valence-corrected chi connectivity index (χ2v) is 6.31. The van der Waals surface area contributed by atoms with Gasteiger partial charge in [-0.1, -0.05) is 6.07 Å². The van der Waals surface area contributed by atoms with Crippen molar-refractivity contribution >= 4 is 5.91 Å². The smallest absolute Gasteiger partial charge is 0.451 e. The zero-order valence-corrected chi connectivity index (χ0v) is 15.1. The summed E-state index contributed by atoms with van der Waals surface area (Å²) in [6.45, 7) is 1.24. The van der Waals surface area contributed by atoms with E-state index in [0.717, 1.165) is 24.8 Å². The number of aromatic nitrogens is 3. The summed E-state index contributed by atoms with van der Waals surface area (Å²) in [6, 6.07) is 2.27. The van der Waals surface area contributed by atoms with Crippen molar-refractivity contribution < 1.29 is 44.3 Å². The largest absolute Gasteiger partial charge is 0.459 e. The molecule has 14 heteroatoms. The van der Waals surface area contributed by atoms with Crippen LogP contribution in [0.2, 0.25) is 0 Å². The molecule has 1 amide bonds. The van der Waals surface area contributed by atoms with Gasteiger partial charge < -0.3 is 10.2 Å². The average Bonchev–Trinajstić information content (AvgIpc) is 3.29. The number of benzene rings is 1. The summed E-state index contributed by atoms with van der Waals surface area (Å²) in [5.74, 6) is -7.02. The van der Waals surface area contributed by atoms with Gasteiger partial charge in [0, 0.05) is 16.7 Å². The fourth-order valence-electron chi connectivity index (χ4n) is 2.99. The molecule has 0 atom stereocenters. The molecule has 2 heterocycles. The molecule has 31 heavy (non-hydrogen) atoms. The molecule has 0 radical (unpaired) electrons. The van der Waals surface area contributed by atoms with Crippen molar-refractivity contribution in [2.45, 2.75) is 25.2 Å². The first-order valence-electron chi connectivity index (χ1n) is 8.10. The van der Waals surface area contributed by atoms with Crippen LogP contribution in [0.15, 0.2) is 29.2 Å². The molecular weight excluding hydrogens is 444 g/mol. The Labute approximate surface area is 167 Å². The Morgan fingerprint density at radius 2 is 1.71 bits per heavy atom. The van der Waals surface area contributed by atoms with Crippen LogP contribution in [0.5, 0.6) is 0 Å². The average molecular weight is 454 g/mol. The molecule has 0 saturated heterocycles. The lowest BCUT2D eigenvalue weighted by Gasteiger charge is -2.21. The second kappa shape index (κ2) is 7.06. The standard InChI is InChI=1S/C17H10F8N4O2/c1-6-2-3-7(14(26)30)10(8-4-31-5-27-8)9(6)12-11(16(20,21)22)13(29-28-12)15(18,19)17(23,24)25/h2-5H,1H3,(H2,26,30)(H,28,29). The summed E-state index contributed by atoms with van der Waals surface area (Å²) in [7, 11) is 0. The third kappa shape index (κ3) is 3.61. The molecule has 0 fully saturated rings. The van der Waals surface area contributed by atoms with Gasteiger partial charge in [-0.3, -0.25) is 9.89 Å². The van der Waals surface area contributed by atoms with Crippen LogP contribution in [-0.4, -0.2) is 27.3 Å². The van der Waals surface area contributed by atoms with Crippen molar-refractivity contribution in [3.05, 3.63) is 47.2 Å². The first-order chi connectivity index (χ1) is 14.2. The van der Waals surface area contributed by atoms with E-state index >= 15 is 0 Å². The van der Waals surface area contributed by atoms with Crippen LogP contribution in [-0.2, 0) is 12.1 Å². The minimum atomic E-state index is -6.34. The second-order valence-electron chi connectivity index (χ2n) is 6.31. The van der Waals surface area contributed by atoms with E-state index in [9.17, 15) is 39.9 Å². The molecular formula is C17H10F8N4O2. The van der Waals surface area contributed by atoms with Crippen LogP contribution < -0.4 is 5.73 Å². The Hall–Kier alpha value is -3.45. The zero-order valence-electron chi connectivity index (χ0n) is 15.1. The SMILES string of the molecule is Cc1ccc(C(N)=O)c(-c2cocn2)c1-c1n[nH]c(C(F)(F)C(F)(F)F)c1C(F)(F)F. The summed E-state index contributed by atoms with van der Waals surface area (Å²) in [6.07, 6.45) is -10.2. The van der Waals surface area contributed by atoms with Gasteiger partial charge in [-0.05, 0) is 18.6 Å². The molecule has 0 aliphatic rings. The molecule has 0 unspecified atom stereocenters. The van der Waals surface area contributed by atoms with Gasteiger partial charge in [-0.2, -0.15) is 40.2 Å². The van der Waals surface area contributed by atoms with Gasteiger partial charge in [0.2, 0.25) is 5.91 Å². The number of carbonyl (C=O) groups is 1. The molecule has 0 aliphatic carbocycles. The third-order valence-electron chi connectivity index (χ3n) is 4.32. The van der Waals surface area contributed by atoms with Crippen molar-refractivity contribution in [3.63, 3.8) is 0 Å². The number of amides is 1. The van der Waals surface area contributed by atoms with E-state index in [2.05, 4.69) is 10.1 Å². The van der Waals surface area contributed by atoms with Crippen LogP contribution in [0.25, 0.3) is 22.5 Å². The molecule has 0 aliphatic heterocycles. The monoisotopic (exact) mass is 454 g/mol. The van der Waals surface area contributed by atoms with Crippen LogP contribution in [0, 0.1) is 6.92 Å². The molecule has 0 saturated carbocycles. The molecule has 3 aromatic rings. The molecule has 166 valence electrons. The lowest BCUT2D eigenvalue weighted by Crippen LogP contribution is -2.36. The maximum Gasteiger partial charge on any atom is 0.459 e. The highest BCUT2D eigenvalue weighted by molar-refractivity contribution is 6.04. The van der Waals surface area contributed by atoms with Gasteiger partial charge in [-0.25, -0.2) is 4.98 Å². The number of carbonyl (C=O) groups excluding carboxylic acids is 1. The predicted octanol–water partition coefficient (Wildman–Crippen LogP) is 4.81. The van der Waals surface area contributed by atoms with E-state index in [4.69, 9.17) is 10.2 Å². The number of nitrogens with one attached hydrogen (secondary N) is 1. The predicted molar refractivity (Wildman–Crippen MR) is 87.7 cm³/mol. The lowest BCUT2D eigenvalue weighted by atomic mass is 9.89. The number of halogens is 8. The number of nitrogens with two attached hydrogens (primary N) is 1. The van der Waals surface area contributed by atoms with Crippen molar-refractivity contribution in [1.82, 2.24) is 15.2 Å². The minimum absolute atomic E-state index is 0.0399. The molecule has 3 rings (SSSR count). The van der Waals surface area contributed by atoms with Gasteiger partial charge >= 0.3 is 18.3 Å². The Bertz CT molecular complexity index is 1130. The zero-order chi connectivity index (χ0) is 23.4. The Morgan fingerprint density at radius 1 is 1.06 bits per heavy atom. The first kappa shape index (κ1) is 22.2. The highest BCUT2D eigenvalue weighted by Crippen LogP contribution is 2.51. The number of aryl methyl sites for hydroxylation is 1. The van der Waals surface area contributed by atoms with Crippen molar-refractivity contribution in [1.29, 1.82) is 0 Å². The lowest BCUT2D eigenvalue weighted by molar-refractivity contribution is -0.292. The molecule has 3 N–H and O–H groups in total. The Morgan fingerprint density at radius 3 is 2.19 bits per heavy atom. The fraction of sp³-hybridized carbons (Fsp3) is 0.235. The van der Waals surface area contributed by atoms with Gasteiger partial charge in [0.15, 0.2) is 6.39 Å². The van der Waals surface area contributed by atoms with Gasteiger partial charge in [0.25, 0.3) is 0 Å². The number of nitrogens with zero attached hydrogens (tertiary/aromatic N) is 2. The van der Waals surface area contributed by atoms with E-state index in [-0.39, 0.29) is 22.4 Å².